The lowest BCUT2D eigenvalue weighted by atomic mass is 10.0. The molecule has 0 radical (unpaired) electrons. The van der Waals surface area contributed by atoms with E-state index in [2.05, 4.69) is 12.2 Å². The third-order valence-electron chi connectivity index (χ3n) is 2.75. The Labute approximate surface area is 104 Å². The fourth-order valence-corrected chi connectivity index (χ4v) is 1.57. The summed E-state index contributed by atoms with van der Waals surface area (Å²) in [6.45, 7) is 6.08. The molecule has 1 N–H and O–H groups in total. The van der Waals surface area contributed by atoms with E-state index in [4.69, 9.17) is 4.42 Å². The van der Waals surface area contributed by atoms with Crippen LogP contribution >= 0.6 is 0 Å². The monoisotopic (exact) mass is 234 g/mol. The van der Waals surface area contributed by atoms with E-state index in [9.17, 15) is 5.11 Å². The first kappa shape index (κ1) is 13.8. The zero-order valence-electron chi connectivity index (χ0n) is 10.9. The van der Waals surface area contributed by atoms with Crippen LogP contribution in [0.2, 0.25) is 0 Å². The van der Waals surface area contributed by atoms with Gasteiger partial charge in [0.2, 0.25) is 0 Å². The van der Waals surface area contributed by atoms with Gasteiger partial charge in [-0.1, -0.05) is 17.7 Å². The summed E-state index contributed by atoms with van der Waals surface area (Å²) in [6, 6.07) is 1.97. The molecule has 1 atom stereocenters. The van der Waals surface area contributed by atoms with E-state index in [1.54, 1.807) is 12.5 Å². The average molecular weight is 234 g/mol. The van der Waals surface area contributed by atoms with E-state index >= 15 is 0 Å². The zero-order chi connectivity index (χ0) is 12.7. The minimum Gasteiger partial charge on any atom is -0.472 e. The van der Waals surface area contributed by atoms with E-state index in [1.807, 2.05) is 26.8 Å². The normalized spacial score (nSPS) is 13.5. The van der Waals surface area contributed by atoms with Gasteiger partial charge in [0, 0.05) is 0 Å². The molecule has 0 saturated carbocycles. The molecule has 1 heterocycles. The molecule has 17 heavy (non-hydrogen) atoms. The van der Waals surface area contributed by atoms with Gasteiger partial charge >= 0.3 is 0 Å². The van der Waals surface area contributed by atoms with Crippen molar-refractivity contribution in [3.8, 4) is 0 Å². The Bertz CT molecular complexity index is 368. The first-order valence-electron chi connectivity index (χ1n) is 6.08. The van der Waals surface area contributed by atoms with Crippen molar-refractivity contribution in [1.82, 2.24) is 0 Å². The maximum Gasteiger partial charge on any atom is 0.0934 e. The van der Waals surface area contributed by atoms with Crippen LogP contribution in [0.4, 0.5) is 0 Å². The minimum absolute atomic E-state index is 0.353. The number of furan rings is 1. The topological polar surface area (TPSA) is 33.4 Å². The average Bonchev–Trinajstić information content (AvgIpc) is 2.78. The predicted octanol–water partition coefficient (Wildman–Crippen LogP) is 3.88. The molecule has 0 fully saturated rings. The Morgan fingerprint density at radius 2 is 2.12 bits per heavy atom. The van der Waals surface area contributed by atoms with E-state index in [0.29, 0.717) is 6.42 Å². The summed E-state index contributed by atoms with van der Waals surface area (Å²) >= 11 is 0. The summed E-state index contributed by atoms with van der Waals surface area (Å²) in [6.07, 6.45) is 9.89. The summed E-state index contributed by atoms with van der Waals surface area (Å²) in [5.74, 6) is 0. The van der Waals surface area contributed by atoms with Crippen molar-refractivity contribution < 1.29 is 9.52 Å². The first-order chi connectivity index (χ1) is 8.09. The van der Waals surface area contributed by atoms with Crippen LogP contribution in [0.1, 0.15) is 39.2 Å². The maximum absolute atomic E-state index is 9.89. The second-order valence-electron chi connectivity index (χ2n) is 4.65. The molecule has 2 nitrogen and oxygen atoms in total. The van der Waals surface area contributed by atoms with Crippen LogP contribution in [-0.4, -0.2) is 11.2 Å². The SMILES string of the molecule is CC(C)=CC[C@@H](O)/C(C)=C/CCc1ccoc1. The van der Waals surface area contributed by atoms with Gasteiger partial charge in [0.05, 0.1) is 18.6 Å². The molecule has 0 aliphatic carbocycles. The van der Waals surface area contributed by atoms with Gasteiger partial charge in [-0.05, 0) is 57.2 Å². The van der Waals surface area contributed by atoms with Crippen molar-refractivity contribution in [2.45, 2.75) is 46.1 Å². The molecule has 0 amide bonds. The summed E-state index contributed by atoms with van der Waals surface area (Å²) in [4.78, 5) is 0. The van der Waals surface area contributed by atoms with Crippen LogP contribution in [0.3, 0.4) is 0 Å². The van der Waals surface area contributed by atoms with Crippen molar-refractivity contribution in [3.63, 3.8) is 0 Å². The van der Waals surface area contributed by atoms with Crippen molar-refractivity contribution in [2.24, 2.45) is 0 Å². The van der Waals surface area contributed by atoms with Crippen molar-refractivity contribution in [2.75, 3.05) is 0 Å². The number of aliphatic hydroxyl groups excluding tert-OH is 1. The van der Waals surface area contributed by atoms with Gasteiger partial charge in [-0.2, -0.15) is 0 Å². The predicted molar refractivity (Wildman–Crippen MR) is 70.8 cm³/mol. The van der Waals surface area contributed by atoms with Crippen LogP contribution in [0.5, 0.6) is 0 Å². The van der Waals surface area contributed by atoms with Gasteiger partial charge in [0.25, 0.3) is 0 Å². The fraction of sp³-hybridized carbons (Fsp3) is 0.467. The van der Waals surface area contributed by atoms with Crippen LogP contribution in [0, 0.1) is 0 Å². The van der Waals surface area contributed by atoms with Gasteiger partial charge in [-0.15, -0.1) is 0 Å². The molecule has 0 aliphatic rings. The van der Waals surface area contributed by atoms with E-state index in [1.165, 1.54) is 11.1 Å². The lowest BCUT2D eigenvalue weighted by Gasteiger charge is -2.09. The Kier molecular flexibility index (Phi) is 5.78. The molecule has 0 saturated heterocycles. The Morgan fingerprint density at radius 1 is 1.35 bits per heavy atom. The molecule has 0 aromatic carbocycles. The van der Waals surface area contributed by atoms with Gasteiger partial charge in [0.1, 0.15) is 0 Å². The minimum atomic E-state index is -0.353. The molecule has 94 valence electrons. The number of hydrogen-bond acceptors (Lipinski definition) is 2. The van der Waals surface area contributed by atoms with Gasteiger partial charge < -0.3 is 9.52 Å². The zero-order valence-corrected chi connectivity index (χ0v) is 10.9. The fourth-order valence-electron chi connectivity index (χ4n) is 1.57. The van der Waals surface area contributed by atoms with Crippen LogP contribution in [0.15, 0.2) is 46.3 Å². The molecule has 1 aromatic heterocycles. The van der Waals surface area contributed by atoms with Crippen molar-refractivity contribution >= 4 is 0 Å². The molecule has 0 unspecified atom stereocenters. The molecule has 1 rings (SSSR count). The standard InChI is InChI=1S/C15H22O2/c1-12(2)7-8-15(16)13(3)5-4-6-14-9-10-17-11-14/h5,7,9-11,15-16H,4,6,8H2,1-3H3/b13-5+/t15-/m1/s1. The summed E-state index contributed by atoms with van der Waals surface area (Å²) in [5, 5.41) is 9.89. The molecule has 0 spiro atoms. The first-order valence-corrected chi connectivity index (χ1v) is 6.08. The second kappa shape index (κ2) is 7.13. The maximum atomic E-state index is 9.89. The smallest absolute Gasteiger partial charge is 0.0934 e. The largest absolute Gasteiger partial charge is 0.472 e. The number of allylic oxidation sites excluding steroid dienone is 2. The molecular formula is C15H22O2. The lowest BCUT2D eigenvalue weighted by molar-refractivity contribution is 0.213. The van der Waals surface area contributed by atoms with Crippen molar-refractivity contribution in [3.05, 3.63) is 47.5 Å². The van der Waals surface area contributed by atoms with Gasteiger partial charge in [0.15, 0.2) is 0 Å². The molecule has 2 heteroatoms. The lowest BCUT2D eigenvalue weighted by Crippen LogP contribution is -2.06. The Balaban J connectivity index is 2.35. The van der Waals surface area contributed by atoms with E-state index in [0.717, 1.165) is 18.4 Å². The number of rotatable bonds is 6. The highest BCUT2D eigenvalue weighted by atomic mass is 16.3. The summed E-state index contributed by atoms with van der Waals surface area (Å²) in [7, 11) is 0. The van der Waals surface area contributed by atoms with Crippen molar-refractivity contribution in [1.29, 1.82) is 0 Å². The van der Waals surface area contributed by atoms with Gasteiger partial charge in [-0.3, -0.25) is 0 Å². The number of aliphatic hydroxyl groups is 1. The Morgan fingerprint density at radius 3 is 2.71 bits per heavy atom. The number of aryl methyl sites for hydroxylation is 1. The van der Waals surface area contributed by atoms with E-state index < -0.39 is 0 Å². The highest BCUT2D eigenvalue weighted by Gasteiger charge is 2.03. The van der Waals surface area contributed by atoms with E-state index in [-0.39, 0.29) is 6.10 Å². The quantitative estimate of drug-likeness (QED) is 0.758. The van der Waals surface area contributed by atoms with Crippen LogP contribution in [0.25, 0.3) is 0 Å². The summed E-state index contributed by atoms with van der Waals surface area (Å²) in [5.41, 5.74) is 3.49. The molecule has 0 aliphatic heterocycles. The molecule has 0 bridgehead atoms. The highest BCUT2D eigenvalue weighted by Crippen LogP contribution is 2.11. The number of hydrogen-bond donors (Lipinski definition) is 1. The molecule has 1 aromatic rings. The second-order valence-corrected chi connectivity index (χ2v) is 4.65. The van der Waals surface area contributed by atoms with Crippen LogP contribution < -0.4 is 0 Å². The third-order valence-corrected chi connectivity index (χ3v) is 2.75. The summed E-state index contributed by atoms with van der Waals surface area (Å²) < 4.78 is 5.01. The third kappa shape index (κ3) is 5.55. The van der Waals surface area contributed by atoms with Crippen LogP contribution in [-0.2, 0) is 6.42 Å². The Hall–Kier alpha value is -1.28. The molecular weight excluding hydrogens is 212 g/mol. The highest BCUT2D eigenvalue weighted by molar-refractivity contribution is 5.11. The van der Waals surface area contributed by atoms with Gasteiger partial charge in [-0.25, -0.2) is 0 Å².